The average molecular weight is 481 g/mol. The molecule has 0 saturated carbocycles. The van der Waals surface area contributed by atoms with Gasteiger partial charge in [0, 0.05) is 56.5 Å². The molecule has 0 spiro atoms. The quantitative estimate of drug-likeness (QED) is 0.567. The monoisotopic (exact) mass is 480 g/mol. The fourth-order valence-electron chi connectivity index (χ4n) is 4.96. The summed E-state index contributed by atoms with van der Waals surface area (Å²) in [5, 5.41) is 3.33. The Morgan fingerprint density at radius 3 is 2.49 bits per heavy atom. The number of fused-ring (bicyclic) bond motifs is 1. The Hall–Kier alpha value is -3.26. The molecule has 0 bridgehead atoms. The molecule has 0 unspecified atom stereocenters. The van der Waals surface area contributed by atoms with Gasteiger partial charge in [0.05, 0.1) is 11.3 Å². The summed E-state index contributed by atoms with van der Waals surface area (Å²) in [5.41, 5.74) is 3.70. The van der Waals surface area contributed by atoms with Crippen molar-refractivity contribution in [2.45, 2.75) is 38.3 Å². The summed E-state index contributed by atoms with van der Waals surface area (Å²) < 4.78 is 41.1. The van der Waals surface area contributed by atoms with Gasteiger partial charge >= 0.3 is 6.18 Å². The van der Waals surface area contributed by atoms with Gasteiger partial charge in [-0.05, 0) is 48.1 Å². The maximum absolute atomic E-state index is 13.7. The van der Waals surface area contributed by atoms with E-state index in [1.807, 2.05) is 42.5 Å². The molecule has 1 aromatic heterocycles. The van der Waals surface area contributed by atoms with Gasteiger partial charge in [0.2, 0.25) is 0 Å². The van der Waals surface area contributed by atoms with Gasteiger partial charge in [-0.25, -0.2) is 9.97 Å². The molecule has 1 aliphatic heterocycles. The van der Waals surface area contributed by atoms with Crippen LogP contribution in [0.2, 0.25) is 0 Å². The minimum atomic E-state index is -4.53. The fourth-order valence-corrected chi connectivity index (χ4v) is 4.96. The highest BCUT2D eigenvalue weighted by molar-refractivity contribution is 6.01. The molecule has 0 amide bonds. The normalized spacial score (nSPS) is 16.0. The van der Waals surface area contributed by atoms with Crippen molar-refractivity contribution in [2.24, 2.45) is 0 Å². The van der Waals surface area contributed by atoms with E-state index in [2.05, 4.69) is 20.2 Å². The molecule has 5 nitrogen and oxygen atoms in total. The number of halogens is 3. The Kier molecular flexibility index (Phi) is 6.56. The number of nitrogens with zero attached hydrogens (tertiary/aromatic N) is 3. The first kappa shape index (κ1) is 23.5. The lowest BCUT2D eigenvalue weighted by Gasteiger charge is -2.29. The van der Waals surface area contributed by atoms with E-state index >= 15 is 0 Å². The number of piperazine rings is 1. The lowest BCUT2D eigenvalue weighted by Crippen LogP contribution is -2.43. The van der Waals surface area contributed by atoms with Crippen molar-refractivity contribution < 1.29 is 18.0 Å². The number of rotatable bonds is 6. The van der Waals surface area contributed by atoms with Gasteiger partial charge in [-0.3, -0.25) is 4.79 Å². The van der Waals surface area contributed by atoms with Crippen molar-refractivity contribution in [3.05, 3.63) is 88.0 Å². The van der Waals surface area contributed by atoms with E-state index in [-0.39, 0.29) is 17.9 Å². The fraction of sp³-hybridized carbons (Fsp3) is 0.370. The number of aromatic nitrogens is 2. The van der Waals surface area contributed by atoms with Gasteiger partial charge in [-0.1, -0.05) is 30.3 Å². The standard InChI is InChI=1S/C27H27F3N4O/c28-27(29,30)22-17-32-25(16-18-4-8-21(9-5-18)34-14-12-31-13-15-34)33-23(22)10-6-19-2-1-3-20-7-11-24(35)26(19)20/h1-5,8-9,17,31H,6-7,10-16H2. The molecule has 5 rings (SSSR count). The third-order valence-electron chi connectivity index (χ3n) is 6.77. The molecule has 1 fully saturated rings. The molecular weight excluding hydrogens is 453 g/mol. The molecule has 8 heteroatoms. The number of benzene rings is 2. The minimum absolute atomic E-state index is 0.0250. The summed E-state index contributed by atoms with van der Waals surface area (Å²) in [5.74, 6) is 0.427. The number of nitrogens with one attached hydrogen (secondary N) is 1. The van der Waals surface area contributed by atoms with Crippen molar-refractivity contribution in [3.63, 3.8) is 0 Å². The minimum Gasteiger partial charge on any atom is -0.369 e. The average Bonchev–Trinajstić information content (AvgIpc) is 3.24. The Morgan fingerprint density at radius 2 is 1.74 bits per heavy atom. The molecule has 35 heavy (non-hydrogen) atoms. The first-order valence-electron chi connectivity index (χ1n) is 12.0. The Bertz CT molecular complexity index is 1220. The van der Waals surface area contributed by atoms with Gasteiger partial charge < -0.3 is 10.2 Å². The molecule has 1 aliphatic carbocycles. The highest BCUT2D eigenvalue weighted by Crippen LogP contribution is 2.32. The number of carbonyl (C=O) groups is 1. The number of aryl methyl sites for hydroxylation is 3. The molecule has 1 saturated heterocycles. The summed E-state index contributed by atoms with van der Waals surface area (Å²) >= 11 is 0. The van der Waals surface area contributed by atoms with E-state index in [9.17, 15) is 18.0 Å². The highest BCUT2D eigenvalue weighted by atomic mass is 19.4. The predicted octanol–water partition coefficient (Wildman–Crippen LogP) is 4.41. The van der Waals surface area contributed by atoms with Gasteiger partial charge in [0.25, 0.3) is 0 Å². The van der Waals surface area contributed by atoms with Crippen molar-refractivity contribution in [1.29, 1.82) is 0 Å². The van der Waals surface area contributed by atoms with Crippen LogP contribution < -0.4 is 10.2 Å². The third kappa shape index (κ3) is 5.22. The second-order valence-corrected chi connectivity index (χ2v) is 9.10. The van der Waals surface area contributed by atoms with Crippen LogP contribution in [0.3, 0.4) is 0 Å². The van der Waals surface area contributed by atoms with Crippen LogP contribution >= 0.6 is 0 Å². The number of alkyl halides is 3. The zero-order valence-electron chi connectivity index (χ0n) is 19.4. The summed E-state index contributed by atoms with van der Waals surface area (Å²) in [4.78, 5) is 23.0. The molecule has 182 valence electrons. The molecule has 2 aliphatic rings. The van der Waals surface area contributed by atoms with Crippen molar-refractivity contribution in [3.8, 4) is 0 Å². The van der Waals surface area contributed by atoms with Crippen LogP contribution in [-0.4, -0.2) is 41.9 Å². The summed E-state index contributed by atoms with van der Waals surface area (Å²) in [6.45, 7) is 3.79. The zero-order chi connectivity index (χ0) is 24.4. The number of carbonyl (C=O) groups excluding carboxylic acids is 1. The van der Waals surface area contributed by atoms with Crippen molar-refractivity contribution >= 4 is 11.5 Å². The van der Waals surface area contributed by atoms with Gasteiger partial charge in [-0.2, -0.15) is 13.2 Å². The molecule has 3 aromatic rings. The second kappa shape index (κ2) is 9.77. The number of anilines is 1. The number of Topliss-reactive ketones (excluding diaryl/α,β-unsaturated/α-hetero) is 1. The lowest BCUT2D eigenvalue weighted by atomic mass is 9.97. The number of hydrogen-bond donors (Lipinski definition) is 1. The highest BCUT2D eigenvalue weighted by Gasteiger charge is 2.35. The molecule has 0 atom stereocenters. The van der Waals surface area contributed by atoms with Gasteiger partial charge in [0.15, 0.2) is 5.78 Å². The van der Waals surface area contributed by atoms with Crippen LogP contribution in [0.5, 0.6) is 0 Å². The molecular formula is C27H27F3N4O. The molecule has 1 N–H and O–H groups in total. The van der Waals surface area contributed by atoms with Gasteiger partial charge in [-0.15, -0.1) is 0 Å². The lowest BCUT2D eigenvalue weighted by molar-refractivity contribution is -0.138. The Labute approximate surface area is 202 Å². The summed E-state index contributed by atoms with van der Waals surface area (Å²) in [6, 6.07) is 13.7. The zero-order valence-corrected chi connectivity index (χ0v) is 19.4. The third-order valence-corrected chi connectivity index (χ3v) is 6.77. The predicted molar refractivity (Wildman–Crippen MR) is 128 cm³/mol. The van der Waals surface area contributed by atoms with Crippen LogP contribution in [0.1, 0.15) is 50.6 Å². The molecule has 2 heterocycles. The first-order valence-corrected chi connectivity index (χ1v) is 12.0. The Balaban J connectivity index is 1.35. The van der Waals surface area contributed by atoms with Crippen LogP contribution in [0.15, 0.2) is 48.7 Å². The van der Waals surface area contributed by atoms with Crippen LogP contribution in [-0.2, 0) is 31.9 Å². The van der Waals surface area contributed by atoms with Crippen molar-refractivity contribution in [2.75, 3.05) is 31.1 Å². The topological polar surface area (TPSA) is 58.1 Å². The number of hydrogen-bond acceptors (Lipinski definition) is 5. The van der Waals surface area contributed by atoms with Crippen molar-refractivity contribution in [1.82, 2.24) is 15.3 Å². The van der Waals surface area contributed by atoms with Crippen LogP contribution in [0, 0.1) is 0 Å². The number of ketones is 1. The van der Waals surface area contributed by atoms with E-state index in [0.29, 0.717) is 37.1 Å². The first-order chi connectivity index (χ1) is 16.9. The van der Waals surface area contributed by atoms with E-state index in [4.69, 9.17) is 0 Å². The van der Waals surface area contributed by atoms with E-state index in [1.54, 1.807) is 0 Å². The smallest absolute Gasteiger partial charge is 0.369 e. The summed E-state index contributed by atoms with van der Waals surface area (Å²) in [6.07, 6.45) is -1.71. The van der Waals surface area contributed by atoms with E-state index < -0.39 is 11.7 Å². The largest absolute Gasteiger partial charge is 0.419 e. The summed E-state index contributed by atoms with van der Waals surface area (Å²) in [7, 11) is 0. The van der Waals surface area contributed by atoms with E-state index in [0.717, 1.165) is 54.8 Å². The maximum atomic E-state index is 13.7. The van der Waals surface area contributed by atoms with Crippen LogP contribution in [0.4, 0.5) is 18.9 Å². The van der Waals surface area contributed by atoms with Gasteiger partial charge in [0.1, 0.15) is 5.82 Å². The SMILES string of the molecule is O=C1CCc2cccc(CCc3nc(Cc4ccc(N5CCNCC5)cc4)ncc3C(F)(F)F)c21. The Morgan fingerprint density at radius 1 is 0.971 bits per heavy atom. The second-order valence-electron chi connectivity index (χ2n) is 9.10. The molecule has 2 aromatic carbocycles. The molecule has 0 radical (unpaired) electrons. The van der Waals surface area contributed by atoms with Crippen LogP contribution in [0.25, 0.3) is 0 Å². The van der Waals surface area contributed by atoms with E-state index in [1.165, 1.54) is 0 Å². The maximum Gasteiger partial charge on any atom is 0.419 e.